The van der Waals surface area contributed by atoms with Crippen molar-refractivity contribution in [2.24, 2.45) is 0 Å². The van der Waals surface area contributed by atoms with Crippen LogP contribution in [0.1, 0.15) is 27.8 Å². The number of fused-ring (bicyclic) bond motifs is 1. The van der Waals surface area contributed by atoms with Crippen molar-refractivity contribution in [3.63, 3.8) is 0 Å². The van der Waals surface area contributed by atoms with Gasteiger partial charge in [0, 0.05) is 24.7 Å². The Bertz CT molecular complexity index is 1390. The summed E-state index contributed by atoms with van der Waals surface area (Å²) >= 11 is 0. The van der Waals surface area contributed by atoms with Gasteiger partial charge in [-0.3, -0.25) is 10.3 Å². The van der Waals surface area contributed by atoms with Gasteiger partial charge in [0.2, 0.25) is 0 Å². The van der Waals surface area contributed by atoms with E-state index in [4.69, 9.17) is 4.74 Å². The lowest BCUT2D eigenvalue weighted by Crippen LogP contribution is -2.55. The van der Waals surface area contributed by atoms with E-state index in [1.54, 1.807) is 7.11 Å². The highest BCUT2D eigenvalue weighted by atomic mass is 16.5. The zero-order valence-electron chi connectivity index (χ0n) is 21.0. The summed E-state index contributed by atoms with van der Waals surface area (Å²) < 4.78 is 5.29. The van der Waals surface area contributed by atoms with E-state index >= 15 is 0 Å². The molecule has 0 aliphatic carbocycles. The third kappa shape index (κ3) is 4.64. The van der Waals surface area contributed by atoms with Crippen LogP contribution >= 0.6 is 0 Å². The maximum absolute atomic E-state index is 13.2. The molecule has 2 amide bonds. The number of urea groups is 1. The molecule has 5 rings (SSSR count). The summed E-state index contributed by atoms with van der Waals surface area (Å²) in [5.74, 6) is 0.827. The minimum absolute atomic E-state index is 0.0640. The van der Waals surface area contributed by atoms with E-state index in [0.29, 0.717) is 19.6 Å². The van der Waals surface area contributed by atoms with E-state index in [1.807, 2.05) is 41.4 Å². The summed E-state index contributed by atoms with van der Waals surface area (Å²) in [5, 5.41) is 7.96. The first-order valence-corrected chi connectivity index (χ1v) is 12.3. The van der Waals surface area contributed by atoms with Gasteiger partial charge in [-0.25, -0.2) is 4.79 Å². The molecule has 1 aromatic heterocycles. The number of aromatic nitrogens is 1. The number of hydrogen-bond acceptors (Lipinski definition) is 4. The van der Waals surface area contributed by atoms with Crippen molar-refractivity contribution in [1.29, 1.82) is 0 Å². The van der Waals surface area contributed by atoms with Crippen LogP contribution in [0.25, 0.3) is 10.9 Å². The highest BCUT2D eigenvalue weighted by Crippen LogP contribution is 2.32. The number of nitrogens with one attached hydrogen (secondary N) is 2. The van der Waals surface area contributed by atoms with E-state index < -0.39 is 5.66 Å². The minimum Gasteiger partial charge on any atom is -0.497 e. The molecule has 1 aliphatic rings. The average molecular weight is 481 g/mol. The molecule has 0 radical (unpaired) electrons. The predicted octanol–water partition coefficient (Wildman–Crippen LogP) is 5.07. The number of carbonyl (C=O) groups excluding carboxylic acids is 1. The summed E-state index contributed by atoms with van der Waals surface area (Å²) in [6, 6.07) is 24.7. The van der Waals surface area contributed by atoms with Crippen LogP contribution in [0.4, 0.5) is 4.79 Å². The van der Waals surface area contributed by atoms with Crippen molar-refractivity contribution in [2.45, 2.75) is 32.5 Å². The molecule has 6 nitrogen and oxygen atoms in total. The number of ether oxygens (including phenoxy) is 1. The van der Waals surface area contributed by atoms with Crippen molar-refractivity contribution in [3.8, 4) is 5.75 Å². The van der Waals surface area contributed by atoms with Gasteiger partial charge in [0.25, 0.3) is 0 Å². The number of benzene rings is 3. The van der Waals surface area contributed by atoms with Crippen molar-refractivity contribution >= 4 is 16.9 Å². The zero-order valence-corrected chi connectivity index (χ0v) is 21.0. The number of aryl methyl sites for hydroxylation is 2. The number of pyridine rings is 1. The van der Waals surface area contributed by atoms with E-state index in [-0.39, 0.29) is 6.03 Å². The lowest BCUT2D eigenvalue weighted by molar-refractivity contribution is 0.124. The normalized spacial score (nSPS) is 17.4. The third-order valence-corrected chi connectivity index (χ3v) is 7.20. The number of hydrogen-bond donors (Lipinski definition) is 2. The van der Waals surface area contributed by atoms with Crippen molar-refractivity contribution in [1.82, 2.24) is 20.5 Å². The Balaban J connectivity index is 1.45. The van der Waals surface area contributed by atoms with Crippen LogP contribution in [0.5, 0.6) is 5.75 Å². The van der Waals surface area contributed by atoms with Gasteiger partial charge in [-0.05, 0) is 72.4 Å². The van der Waals surface area contributed by atoms with Gasteiger partial charge in [0.15, 0.2) is 0 Å². The second-order valence-electron chi connectivity index (χ2n) is 9.46. The molecular weight excluding hydrogens is 448 g/mol. The molecule has 1 aliphatic heterocycles. The minimum atomic E-state index is -0.673. The molecule has 0 saturated carbocycles. The quantitative estimate of drug-likeness (QED) is 0.370. The largest absolute Gasteiger partial charge is 0.497 e. The fourth-order valence-corrected chi connectivity index (χ4v) is 4.87. The molecule has 0 bridgehead atoms. The predicted molar refractivity (Wildman–Crippen MR) is 143 cm³/mol. The van der Waals surface area contributed by atoms with Crippen molar-refractivity contribution in [2.75, 3.05) is 20.2 Å². The summed E-state index contributed by atoms with van der Waals surface area (Å²) in [7, 11) is 1.66. The van der Waals surface area contributed by atoms with E-state index in [0.717, 1.165) is 39.8 Å². The molecule has 1 saturated heterocycles. The first-order valence-electron chi connectivity index (χ1n) is 12.3. The van der Waals surface area contributed by atoms with Crippen LogP contribution in [-0.4, -0.2) is 36.1 Å². The lowest BCUT2D eigenvalue weighted by atomic mass is 9.94. The maximum Gasteiger partial charge on any atom is 0.319 e. The smallest absolute Gasteiger partial charge is 0.319 e. The summed E-state index contributed by atoms with van der Waals surface area (Å²) in [6.45, 7) is 5.87. The highest BCUT2D eigenvalue weighted by molar-refractivity contribution is 5.79. The van der Waals surface area contributed by atoms with Crippen LogP contribution in [-0.2, 0) is 18.6 Å². The fourth-order valence-electron chi connectivity index (χ4n) is 4.87. The first-order chi connectivity index (χ1) is 17.5. The molecule has 3 aromatic carbocycles. The van der Waals surface area contributed by atoms with Crippen molar-refractivity contribution in [3.05, 3.63) is 107 Å². The molecule has 4 aromatic rings. The van der Waals surface area contributed by atoms with Gasteiger partial charge in [-0.2, -0.15) is 0 Å². The van der Waals surface area contributed by atoms with E-state index in [2.05, 4.69) is 71.9 Å². The molecule has 1 fully saturated rings. The first kappa shape index (κ1) is 23.8. The summed E-state index contributed by atoms with van der Waals surface area (Å²) in [4.78, 5) is 19.7. The standard InChI is InChI=1S/C30H32N4O2/c1-21-8-11-26(16-22(21)2)30(33-19-24-17-25-6-4-5-7-28(25)31-18-24)20-32-29(35)34(30)15-14-23-9-12-27(36-3)13-10-23/h4-13,16-18,33H,14-15,19-20H2,1-3H3,(H,32,35). The van der Waals surface area contributed by atoms with Crippen LogP contribution in [0.2, 0.25) is 0 Å². The van der Waals surface area contributed by atoms with Crippen LogP contribution in [0, 0.1) is 13.8 Å². The van der Waals surface area contributed by atoms with Crippen LogP contribution < -0.4 is 15.4 Å². The molecule has 1 atom stereocenters. The SMILES string of the molecule is COc1ccc(CCN2C(=O)NCC2(NCc2cnc3ccccc3c2)c2ccc(C)c(C)c2)cc1. The van der Waals surface area contributed by atoms with Crippen molar-refractivity contribution < 1.29 is 9.53 Å². The monoisotopic (exact) mass is 480 g/mol. The molecule has 184 valence electrons. The number of methoxy groups -OCH3 is 1. The van der Waals surface area contributed by atoms with E-state index in [1.165, 1.54) is 11.1 Å². The lowest BCUT2D eigenvalue weighted by Gasteiger charge is -2.39. The Morgan fingerprint density at radius 1 is 1.00 bits per heavy atom. The average Bonchev–Trinajstić information content (AvgIpc) is 3.23. The molecule has 2 N–H and O–H groups in total. The number of para-hydroxylation sites is 1. The molecule has 6 heteroatoms. The van der Waals surface area contributed by atoms with Gasteiger partial charge in [-0.15, -0.1) is 0 Å². The van der Waals surface area contributed by atoms with Gasteiger partial charge < -0.3 is 15.0 Å². The summed E-state index contributed by atoms with van der Waals surface area (Å²) in [5.41, 5.74) is 6.05. The molecule has 2 heterocycles. The zero-order chi connectivity index (χ0) is 25.1. The summed E-state index contributed by atoms with van der Waals surface area (Å²) in [6.07, 6.45) is 2.65. The molecular formula is C30H32N4O2. The molecule has 1 unspecified atom stereocenters. The fraction of sp³-hybridized carbons (Fsp3) is 0.267. The Morgan fingerprint density at radius 3 is 2.58 bits per heavy atom. The van der Waals surface area contributed by atoms with Gasteiger partial charge in [0.05, 0.1) is 19.2 Å². The van der Waals surface area contributed by atoms with Crippen LogP contribution in [0.3, 0.4) is 0 Å². The maximum atomic E-state index is 13.2. The number of amides is 2. The van der Waals surface area contributed by atoms with Gasteiger partial charge >= 0.3 is 6.03 Å². The second kappa shape index (κ2) is 9.99. The van der Waals surface area contributed by atoms with Crippen LogP contribution in [0.15, 0.2) is 79.0 Å². The number of nitrogens with zero attached hydrogens (tertiary/aromatic N) is 2. The van der Waals surface area contributed by atoms with Gasteiger partial charge in [-0.1, -0.05) is 48.5 Å². The molecule has 36 heavy (non-hydrogen) atoms. The Labute approximate surface area is 212 Å². The highest BCUT2D eigenvalue weighted by Gasteiger charge is 2.46. The number of carbonyl (C=O) groups is 1. The van der Waals surface area contributed by atoms with Gasteiger partial charge in [0.1, 0.15) is 11.4 Å². The Kier molecular flexibility index (Phi) is 6.61. The second-order valence-corrected chi connectivity index (χ2v) is 9.46. The number of rotatable bonds is 8. The van der Waals surface area contributed by atoms with E-state index in [9.17, 15) is 4.79 Å². The Morgan fingerprint density at radius 2 is 1.81 bits per heavy atom. The topological polar surface area (TPSA) is 66.5 Å². The molecule has 0 spiro atoms. The Hall–Kier alpha value is -3.90. The third-order valence-electron chi connectivity index (χ3n) is 7.20.